The number of hydrogen-bond acceptors (Lipinski definition) is 17. The molecule has 0 aromatic heterocycles. The van der Waals surface area contributed by atoms with Crippen LogP contribution >= 0.6 is 0 Å². The molecule has 14 atom stereocenters. The van der Waals surface area contributed by atoms with Crippen molar-refractivity contribution in [3.8, 4) is 0 Å². The van der Waals surface area contributed by atoms with Crippen LogP contribution in [0.25, 0.3) is 0 Å². The second-order valence-electron chi connectivity index (χ2n) is 12.5. The molecule has 3 fully saturated rings. The van der Waals surface area contributed by atoms with Crippen LogP contribution in [-0.4, -0.2) is 169 Å². The largest absolute Gasteiger partial charge is 0.460 e. The van der Waals surface area contributed by atoms with Crippen molar-refractivity contribution in [1.29, 1.82) is 0 Å². The summed E-state index contributed by atoms with van der Waals surface area (Å²) in [5, 5.41) is 102. The van der Waals surface area contributed by atoms with Crippen molar-refractivity contribution in [1.82, 2.24) is 0 Å². The molecule has 10 N–H and O–H groups in total. The summed E-state index contributed by atoms with van der Waals surface area (Å²) in [6, 6.07) is 0. The number of carbonyl (C=O) groups is 1. The Morgan fingerprint density at radius 2 is 1.17 bits per heavy atom. The zero-order chi connectivity index (χ0) is 34.7. The molecule has 0 unspecified atom stereocenters. The van der Waals surface area contributed by atoms with E-state index in [1.165, 1.54) is 25.7 Å². The van der Waals surface area contributed by atoms with E-state index in [9.17, 15) is 55.9 Å². The van der Waals surface area contributed by atoms with Gasteiger partial charge >= 0.3 is 5.97 Å². The molecule has 17 nitrogen and oxygen atoms in total. The van der Waals surface area contributed by atoms with Crippen molar-refractivity contribution in [3.05, 3.63) is 0 Å². The Balaban J connectivity index is 1.61. The molecule has 0 aromatic rings. The molecule has 3 saturated heterocycles. The minimum atomic E-state index is -2.38. The minimum absolute atomic E-state index is 0.0544. The number of aliphatic hydroxyl groups is 10. The third-order valence-corrected chi connectivity index (χ3v) is 8.86. The molecule has 3 aliphatic heterocycles. The van der Waals surface area contributed by atoms with Gasteiger partial charge in [-0.2, -0.15) is 0 Å². The van der Waals surface area contributed by atoms with Gasteiger partial charge in [0.15, 0.2) is 12.6 Å². The van der Waals surface area contributed by atoms with Gasteiger partial charge in [0.2, 0.25) is 5.79 Å². The molecule has 17 heteroatoms. The van der Waals surface area contributed by atoms with Crippen LogP contribution in [0.3, 0.4) is 0 Å². The number of esters is 1. The lowest BCUT2D eigenvalue weighted by Crippen LogP contribution is -2.63. The highest BCUT2D eigenvalue weighted by Gasteiger charge is 2.59. The van der Waals surface area contributed by atoms with Crippen LogP contribution in [0.4, 0.5) is 0 Å². The molecule has 276 valence electrons. The molecule has 0 spiro atoms. The van der Waals surface area contributed by atoms with Gasteiger partial charge in [-0.15, -0.1) is 0 Å². The van der Waals surface area contributed by atoms with E-state index < -0.39 is 118 Å². The van der Waals surface area contributed by atoms with Crippen molar-refractivity contribution < 1.29 is 84.3 Å². The topological polar surface area (TPSA) is 275 Å². The maximum Gasteiger partial charge on any atom is 0.305 e. The first-order valence-electron chi connectivity index (χ1n) is 16.5. The van der Waals surface area contributed by atoms with Crippen LogP contribution in [0.1, 0.15) is 71.1 Å². The third kappa shape index (κ3) is 10.4. The number of hydrogen-bond donors (Lipinski definition) is 10. The minimum Gasteiger partial charge on any atom is -0.460 e. The van der Waals surface area contributed by atoms with E-state index in [0.29, 0.717) is 6.42 Å². The zero-order valence-corrected chi connectivity index (χ0v) is 26.7. The van der Waals surface area contributed by atoms with E-state index >= 15 is 0 Å². The Bertz CT molecular complexity index is 912. The highest BCUT2D eigenvalue weighted by molar-refractivity contribution is 5.69. The Morgan fingerprint density at radius 3 is 1.74 bits per heavy atom. The second kappa shape index (κ2) is 19.3. The number of unbranched alkanes of at least 4 members (excludes halogenated alkanes) is 8. The lowest BCUT2D eigenvalue weighted by Gasteiger charge is -2.44. The molecule has 47 heavy (non-hydrogen) atoms. The van der Waals surface area contributed by atoms with Crippen LogP contribution in [-0.2, 0) is 33.2 Å². The molecule has 0 aromatic carbocycles. The van der Waals surface area contributed by atoms with Gasteiger partial charge < -0.3 is 79.5 Å². The molecule has 3 heterocycles. The summed E-state index contributed by atoms with van der Waals surface area (Å²) >= 11 is 0. The standard InChI is InChI=1S/C30H54O17/c1-2-3-4-5-6-7-8-9-10-11-19(33)43-15-30(27(41)22(36)17(13-32)46-30)47-29-26(40)24(38)21(35)18(45-29)14-42-28-25(39)23(37)20(34)16(12-31)44-28/h16-18,20-29,31-32,34-41H,2-15H2,1H3/t16-,17-,18-,20+,21-,22-,23+,24+,25-,26-,27+,28+,29-,30+/m1/s1. The first kappa shape index (κ1) is 40.3. The van der Waals surface area contributed by atoms with Gasteiger partial charge in [0, 0.05) is 6.42 Å². The molecule has 0 aliphatic carbocycles. The monoisotopic (exact) mass is 686 g/mol. The predicted molar refractivity (Wildman–Crippen MR) is 157 cm³/mol. The van der Waals surface area contributed by atoms with Crippen molar-refractivity contribution in [2.75, 3.05) is 26.4 Å². The average Bonchev–Trinajstić information content (AvgIpc) is 3.30. The summed E-state index contributed by atoms with van der Waals surface area (Å²) in [7, 11) is 0. The van der Waals surface area contributed by atoms with Crippen molar-refractivity contribution in [3.63, 3.8) is 0 Å². The second-order valence-corrected chi connectivity index (χ2v) is 12.5. The highest BCUT2D eigenvalue weighted by Crippen LogP contribution is 2.37. The van der Waals surface area contributed by atoms with Crippen LogP contribution in [0.2, 0.25) is 0 Å². The summed E-state index contributed by atoms with van der Waals surface area (Å²) in [6.45, 7) is -0.772. The van der Waals surface area contributed by atoms with Gasteiger partial charge in [-0.3, -0.25) is 4.79 Å². The van der Waals surface area contributed by atoms with E-state index in [1.807, 2.05) is 0 Å². The molecule has 0 radical (unpaired) electrons. The Hall–Kier alpha value is -1.13. The normalized spacial score (nSPS) is 40.9. The first-order chi connectivity index (χ1) is 22.4. The summed E-state index contributed by atoms with van der Waals surface area (Å²) in [4.78, 5) is 12.6. The van der Waals surface area contributed by atoms with Gasteiger partial charge in [-0.05, 0) is 6.42 Å². The summed E-state index contributed by atoms with van der Waals surface area (Å²) < 4.78 is 32.9. The van der Waals surface area contributed by atoms with E-state index in [-0.39, 0.29) is 6.42 Å². The SMILES string of the molecule is CCCCCCCCCCCC(=O)OC[C@@]1(O[C@H]2O[C@H](CO[C@H]3O[C@H](CO)[C@H](O)[C@H](O)[C@H]3O)[C@@H](O)[C@H](O)[C@H]2O)O[C@H](CO)[C@@H](O)[C@@H]1O. The summed E-state index contributed by atoms with van der Waals surface area (Å²) in [5.74, 6) is -3.03. The zero-order valence-electron chi connectivity index (χ0n) is 26.7. The van der Waals surface area contributed by atoms with E-state index in [2.05, 4.69) is 6.92 Å². The van der Waals surface area contributed by atoms with E-state index in [1.54, 1.807) is 0 Å². The van der Waals surface area contributed by atoms with E-state index in [0.717, 1.165) is 25.7 Å². The molecule has 0 amide bonds. The number of aliphatic hydroxyl groups excluding tert-OH is 10. The highest BCUT2D eigenvalue weighted by atomic mass is 16.8. The van der Waals surface area contributed by atoms with E-state index in [4.69, 9.17) is 28.4 Å². The molecule has 0 saturated carbocycles. The Morgan fingerprint density at radius 1 is 0.638 bits per heavy atom. The predicted octanol–water partition coefficient (Wildman–Crippen LogP) is -3.10. The lowest BCUT2D eigenvalue weighted by atomic mass is 9.98. The number of rotatable bonds is 19. The van der Waals surface area contributed by atoms with Gasteiger partial charge in [0.1, 0.15) is 73.8 Å². The molecular weight excluding hydrogens is 632 g/mol. The molecule has 3 rings (SSSR count). The third-order valence-electron chi connectivity index (χ3n) is 8.86. The lowest BCUT2D eigenvalue weighted by molar-refractivity contribution is -0.388. The van der Waals surface area contributed by atoms with Crippen LogP contribution in [0.5, 0.6) is 0 Å². The quantitative estimate of drug-likeness (QED) is 0.0476. The Labute approximate surface area is 273 Å². The Kier molecular flexibility index (Phi) is 16.6. The van der Waals surface area contributed by atoms with Gasteiger partial charge in [0.25, 0.3) is 0 Å². The number of ether oxygens (including phenoxy) is 6. The van der Waals surface area contributed by atoms with Crippen LogP contribution in [0.15, 0.2) is 0 Å². The number of carbonyl (C=O) groups excluding carboxylic acids is 1. The fourth-order valence-electron chi connectivity index (χ4n) is 5.83. The fraction of sp³-hybridized carbons (Fsp3) is 0.967. The van der Waals surface area contributed by atoms with Crippen molar-refractivity contribution >= 4 is 5.97 Å². The van der Waals surface area contributed by atoms with Crippen LogP contribution < -0.4 is 0 Å². The molecule has 3 aliphatic rings. The van der Waals surface area contributed by atoms with Crippen LogP contribution in [0, 0.1) is 0 Å². The smallest absolute Gasteiger partial charge is 0.305 e. The van der Waals surface area contributed by atoms with Crippen molar-refractivity contribution in [2.45, 2.75) is 157 Å². The average molecular weight is 687 g/mol. The maximum absolute atomic E-state index is 12.6. The van der Waals surface area contributed by atoms with Gasteiger partial charge in [-0.1, -0.05) is 58.3 Å². The van der Waals surface area contributed by atoms with Crippen molar-refractivity contribution in [2.24, 2.45) is 0 Å². The fourth-order valence-corrected chi connectivity index (χ4v) is 5.83. The molecular formula is C30H54O17. The molecule has 0 bridgehead atoms. The maximum atomic E-state index is 12.6. The van der Waals surface area contributed by atoms with Gasteiger partial charge in [-0.25, -0.2) is 0 Å². The van der Waals surface area contributed by atoms with Gasteiger partial charge in [0.05, 0.1) is 19.8 Å². The summed E-state index contributed by atoms with van der Waals surface area (Å²) in [6.07, 6.45) is -12.8. The summed E-state index contributed by atoms with van der Waals surface area (Å²) in [5.41, 5.74) is 0. The first-order valence-corrected chi connectivity index (χ1v) is 16.5.